The average Bonchev–Trinajstić information content (AvgIpc) is 2.42. The number of para-hydroxylation sites is 1. The number of carbonyl (C=O) groups is 1. The summed E-state index contributed by atoms with van der Waals surface area (Å²) in [6, 6.07) is 4.95. The summed E-state index contributed by atoms with van der Waals surface area (Å²) in [6.45, 7) is 2.18. The van der Waals surface area contributed by atoms with Gasteiger partial charge < -0.3 is 25.6 Å². The van der Waals surface area contributed by atoms with E-state index in [-0.39, 0.29) is 12.5 Å². The van der Waals surface area contributed by atoms with Gasteiger partial charge in [0.1, 0.15) is 0 Å². The number of carbonyl (C=O) groups excluding carboxylic acids is 1. The van der Waals surface area contributed by atoms with Crippen LogP contribution in [-0.4, -0.2) is 44.0 Å². The zero-order valence-corrected chi connectivity index (χ0v) is 12.1. The minimum atomic E-state index is -1.03. The number of amides is 1. The third-order valence-corrected chi connectivity index (χ3v) is 2.97. The Bertz CT molecular complexity index is 460. The lowest BCUT2D eigenvalue weighted by atomic mass is 10.0. The maximum Gasteiger partial charge on any atom is 0.255 e. The number of anilines is 1. The fourth-order valence-corrected chi connectivity index (χ4v) is 1.74. The third-order valence-electron chi connectivity index (χ3n) is 2.97. The van der Waals surface area contributed by atoms with Crippen molar-refractivity contribution in [1.29, 1.82) is 0 Å². The Kier molecular flexibility index (Phi) is 5.79. The molecule has 0 radical (unpaired) electrons. The first-order valence-electron chi connectivity index (χ1n) is 6.33. The van der Waals surface area contributed by atoms with E-state index in [4.69, 9.17) is 15.2 Å². The molecule has 1 aromatic carbocycles. The minimum Gasteiger partial charge on any atom is -0.494 e. The van der Waals surface area contributed by atoms with Crippen molar-refractivity contribution < 1.29 is 19.4 Å². The van der Waals surface area contributed by atoms with Gasteiger partial charge in [0.25, 0.3) is 5.91 Å². The standard InChI is InChI=1S/C14H22N2O4/c1-14(18,7-8-19-2)9-16-13(17)10-5-4-6-11(15)12(10)20-3/h4-6,18H,7-9,15H2,1-3H3,(H,16,17). The molecule has 6 heteroatoms. The number of aliphatic hydroxyl groups is 1. The highest BCUT2D eigenvalue weighted by Crippen LogP contribution is 2.25. The lowest BCUT2D eigenvalue weighted by molar-refractivity contribution is 0.0243. The Hall–Kier alpha value is -1.79. The van der Waals surface area contributed by atoms with Crippen LogP contribution in [-0.2, 0) is 4.74 Å². The summed E-state index contributed by atoms with van der Waals surface area (Å²) in [6.07, 6.45) is 0.428. The zero-order valence-electron chi connectivity index (χ0n) is 12.1. The molecule has 1 aromatic rings. The SMILES string of the molecule is COCCC(C)(O)CNC(=O)c1cccc(N)c1OC. The molecule has 0 bridgehead atoms. The fraction of sp³-hybridized carbons (Fsp3) is 0.500. The van der Waals surface area contributed by atoms with Crippen molar-refractivity contribution in [3.63, 3.8) is 0 Å². The number of nitrogen functional groups attached to an aromatic ring is 1. The minimum absolute atomic E-state index is 0.118. The number of nitrogens with two attached hydrogens (primary N) is 1. The highest BCUT2D eigenvalue weighted by molar-refractivity contribution is 5.98. The molecule has 0 saturated carbocycles. The van der Waals surface area contributed by atoms with Gasteiger partial charge in [0.15, 0.2) is 5.75 Å². The Morgan fingerprint density at radius 3 is 2.75 bits per heavy atom. The van der Waals surface area contributed by atoms with Crippen molar-refractivity contribution in [1.82, 2.24) is 5.32 Å². The molecule has 1 amide bonds. The van der Waals surface area contributed by atoms with E-state index in [1.165, 1.54) is 7.11 Å². The number of nitrogens with one attached hydrogen (secondary N) is 1. The normalized spacial score (nSPS) is 13.6. The van der Waals surface area contributed by atoms with Crippen molar-refractivity contribution in [2.75, 3.05) is 33.1 Å². The van der Waals surface area contributed by atoms with E-state index in [2.05, 4.69) is 5.32 Å². The van der Waals surface area contributed by atoms with Gasteiger partial charge >= 0.3 is 0 Å². The summed E-state index contributed by atoms with van der Waals surface area (Å²) >= 11 is 0. The molecule has 0 heterocycles. The third kappa shape index (κ3) is 4.40. The first kappa shape index (κ1) is 16.3. The van der Waals surface area contributed by atoms with Crippen LogP contribution in [0.2, 0.25) is 0 Å². The van der Waals surface area contributed by atoms with Crippen LogP contribution in [0, 0.1) is 0 Å². The monoisotopic (exact) mass is 282 g/mol. The van der Waals surface area contributed by atoms with Gasteiger partial charge in [-0.3, -0.25) is 4.79 Å². The number of hydrogen-bond acceptors (Lipinski definition) is 5. The molecule has 0 aromatic heterocycles. The van der Waals surface area contributed by atoms with Crippen LogP contribution in [0.4, 0.5) is 5.69 Å². The highest BCUT2D eigenvalue weighted by atomic mass is 16.5. The Morgan fingerprint density at radius 2 is 2.15 bits per heavy atom. The fourth-order valence-electron chi connectivity index (χ4n) is 1.74. The summed E-state index contributed by atoms with van der Waals surface area (Å²) in [7, 11) is 3.02. The lowest BCUT2D eigenvalue weighted by Crippen LogP contribution is -2.41. The molecule has 0 spiro atoms. The Labute approximate surface area is 118 Å². The second kappa shape index (κ2) is 7.12. The smallest absolute Gasteiger partial charge is 0.255 e. The molecule has 0 aliphatic heterocycles. The molecule has 0 aliphatic rings. The van der Waals surface area contributed by atoms with Gasteiger partial charge in [0, 0.05) is 26.7 Å². The molecule has 0 saturated heterocycles. The van der Waals surface area contributed by atoms with Crippen molar-refractivity contribution in [2.45, 2.75) is 18.9 Å². The molecule has 0 aliphatic carbocycles. The van der Waals surface area contributed by atoms with Gasteiger partial charge in [-0.25, -0.2) is 0 Å². The second-order valence-electron chi connectivity index (χ2n) is 4.85. The average molecular weight is 282 g/mol. The van der Waals surface area contributed by atoms with Gasteiger partial charge in [-0.15, -0.1) is 0 Å². The van der Waals surface area contributed by atoms with Crippen LogP contribution in [0.25, 0.3) is 0 Å². The first-order chi connectivity index (χ1) is 9.41. The predicted molar refractivity (Wildman–Crippen MR) is 76.9 cm³/mol. The number of rotatable bonds is 7. The second-order valence-corrected chi connectivity index (χ2v) is 4.85. The molecule has 4 N–H and O–H groups in total. The van der Waals surface area contributed by atoms with Gasteiger partial charge in [-0.2, -0.15) is 0 Å². The quantitative estimate of drug-likeness (QED) is 0.643. The molecule has 112 valence electrons. The first-order valence-corrected chi connectivity index (χ1v) is 6.33. The van der Waals surface area contributed by atoms with Gasteiger partial charge in [0.2, 0.25) is 0 Å². The van der Waals surface area contributed by atoms with E-state index < -0.39 is 5.60 Å². The summed E-state index contributed by atoms with van der Waals surface area (Å²) in [5, 5.41) is 12.7. The molecule has 1 unspecified atom stereocenters. The molecule has 6 nitrogen and oxygen atoms in total. The van der Waals surface area contributed by atoms with Crippen LogP contribution in [0.1, 0.15) is 23.7 Å². The Balaban J connectivity index is 2.70. The zero-order chi connectivity index (χ0) is 15.2. The summed E-state index contributed by atoms with van der Waals surface area (Å²) in [5.41, 5.74) is 5.46. The van der Waals surface area contributed by atoms with Crippen molar-refractivity contribution in [2.24, 2.45) is 0 Å². The number of methoxy groups -OCH3 is 2. The van der Waals surface area contributed by atoms with Gasteiger partial charge in [-0.1, -0.05) is 6.07 Å². The number of hydrogen-bond donors (Lipinski definition) is 3. The van der Waals surface area contributed by atoms with Crippen molar-refractivity contribution in [3.05, 3.63) is 23.8 Å². The summed E-state index contributed by atoms with van der Waals surface area (Å²) in [4.78, 5) is 12.1. The predicted octanol–water partition coefficient (Wildman–Crippen LogP) is 0.795. The summed E-state index contributed by atoms with van der Waals surface area (Å²) < 4.78 is 10.0. The topological polar surface area (TPSA) is 93.8 Å². The maximum atomic E-state index is 12.1. The van der Waals surface area contributed by atoms with Crippen molar-refractivity contribution >= 4 is 11.6 Å². The van der Waals surface area contributed by atoms with E-state index in [1.807, 2.05) is 0 Å². The molecule has 0 fully saturated rings. The van der Waals surface area contributed by atoms with Crippen LogP contribution < -0.4 is 15.8 Å². The van der Waals surface area contributed by atoms with E-state index in [1.54, 1.807) is 32.2 Å². The molecular weight excluding hydrogens is 260 g/mol. The Morgan fingerprint density at radius 1 is 1.45 bits per heavy atom. The van der Waals surface area contributed by atoms with Gasteiger partial charge in [-0.05, 0) is 19.1 Å². The summed E-state index contributed by atoms with van der Waals surface area (Å²) in [5.74, 6) is -0.00613. The molecule has 20 heavy (non-hydrogen) atoms. The van der Waals surface area contributed by atoms with E-state index in [9.17, 15) is 9.90 Å². The molecule has 1 atom stereocenters. The molecule has 1 rings (SSSR count). The number of benzene rings is 1. The number of ether oxygens (including phenoxy) is 2. The van der Waals surface area contributed by atoms with E-state index >= 15 is 0 Å². The van der Waals surface area contributed by atoms with E-state index in [0.29, 0.717) is 30.0 Å². The van der Waals surface area contributed by atoms with Crippen molar-refractivity contribution in [3.8, 4) is 5.75 Å². The van der Waals surface area contributed by atoms with Crippen LogP contribution in [0.15, 0.2) is 18.2 Å². The highest BCUT2D eigenvalue weighted by Gasteiger charge is 2.22. The largest absolute Gasteiger partial charge is 0.494 e. The van der Waals surface area contributed by atoms with Gasteiger partial charge in [0.05, 0.1) is 24.0 Å². The van der Waals surface area contributed by atoms with Crippen LogP contribution >= 0.6 is 0 Å². The van der Waals surface area contributed by atoms with Crippen LogP contribution in [0.5, 0.6) is 5.75 Å². The molecular formula is C14H22N2O4. The van der Waals surface area contributed by atoms with Crippen LogP contribution in [0.3, 0.4) is 0 Å². The van der Waals surface area contributed by atoms with E-state index in [0.717, 1.165) is 0 Å². The lowest BCUT2D eigenvalue weighted by Gasteiger charge is -2.23. The maximum absolute atomic E-state index is 12.1.